The first-order chi connectivity index (χ1) is 8.33. The Kier molecular flexibility index (Phi) is 4.09. The first kappa shape index (κ1) is 12.0. The second kappa shape index (κ2) is 5.77. The summed E-state index contributed by atoms with van der Waals surface area (Å²) in [7, 11) is 0. The molecule has 92 valence electrons. The molecular formula is C13H18N2O2. The van der Waals surface area contributed by atoms with Gasteiger partial charge in [0.05, 0.1) is 6.04 Å². The van der Waals surface area contributed by atoms with E-state index >= 15 is 0 Å². The van der Waals surface area contributed by atoms with Crippen LogP contribution in [-0.2, 0) is 9.53 Å². The van der Waals surface area contributed by atoms with Crippen molar-refractivity contribution in [2.45, 2.75) is 25.8 Å². The molecule has 1 aromatic heterocycles. The van der Waals surface area contributed by atoms with Crippen molar-refractivity contribution in [2.24, 2.45) is 0 Å². The lowest BCUT2D eigenvalue weighted by Gasteiger charge is -2.24. The summed E-state index contributed by atoms with van der Waals surface area (Å²) in [5.41, 5.74) is 1.12. The molecular weight excluding hydrogens is 216 g/mol. The Bertz CT molecular complexity index is 367. The van der Waals surface area contributed by atoms with E-state index in [1.54, 1.807) is 6.20 Å². The number of carbonyl (C=O) groups is 1. The lowest BCUT2D eigenvalue weighted by Crippen LogP contribution is -2.33. The summed E-state index contributed by atoms with van der Waals surface area (Å²) >= 11 is 0. The minimum atomic E-state index is 0.0817. The monoisotopic (exact) mass is 234 g/mol. The van der Waals surface area contributed by atoms with Crippen molar-refractivity contribution in [1.82, 2.24) is 9.88 Å². The van der Waals surface area contributed by atoms with E-state index in [0.29, 0.717) is 6.61 Å². The van der Waals surface area contributed by atoms with Crippen LogP contribution in [0.3, 0.4) is 0 Å². The van der Waals surface area contributed by atoms with E-state index in [-0.39, 0.29) is 18.6 Å². The minimum absolute atomic E-state index is 0.0817. The van der Waals surface area contributed by atoms with Gasteiger partial charge < -0.3 is 9.64 Å². The number of rotatable bonds is 4. The van der Waals surface area contributed by atoms with E-state index in [0.717, 1.165) is 24.9 Å². The van der Waals surface area contributed by atoms with Crippen molar-refractivity contribution in [1.29, 1.82) is 0 Å². The Morgan fingerprint density at radius 1 is 1.65 bits per heavy atom. The van der Waals surface area contributed by atoms with Gasteiger partial charge >= 0.3 is 0 Å². The molecule has 17 heavy (non-hydrogen) atoms. The van der Waals surface area contributed by atoms with Gasteiger partial charge in [-0.05, 0) is 31.4 Å². The first-order valence-corrected chi connectivity index (χ1v) is 6.10. The summed E-state index contributed by atoms with van der Waals surface area (Å²) in [6.07, 6.45) is 5.67. The van der Waals surface area contributed by atoms with Gasteiger partial charge in [0.15, 0.2) is 0 Å². The zero-order valence-corrected chi connectivity index (χ0v) is 10.1. The number of nitrogens with zero attached hydrogens (tertiary/aromatic N) is 2. The van der Waals surface area contributed by atoms with Crippen molar-refractivity contribution in [2.75, 3.05) is 19.8 Å². The molecule has 0 aromatic carbocycles. The van der Waals surface area contributed by atoms with Crippen molar-refractivity contribution in [3.05, 3.63) is 30.1 Å². The van der Waals surface area contributed by atoms with Crippen LogP contribution in [0.4, 0.5) is 0 Å². The van der Waals surface area contributed by atoms with Crippen LogP contribution >= 0.6 is 0 Å². The molecule has 1 aliphatic rings. The molecule has 0 radical (unpaired) electrons. The van der Waals surface area contributed by atoms with Gasteiger partial charge in [0, 0.05) is 25.5 Å². The van der Waals surface area contributed by atoms with Gasteiger partial charge in [-0.25, -0.2) is 0 Å². The molecule has 1 unspecified atom stereocenters. The quantitative estimate of drug-likeness (QED) is 0.797. The highest BCUT2D eigenvalue weighted by molar-refractivity contribution is 5.78. The zero-order chi connectivity index (χ0) is 12.1. The number of likely N-dealkylation sites (tertiary alicyclic amines) is 1. The van der Waals surface area contributed by atoms with E-state index in [1.807, 2.05) is 30.2 Å². The number of aromatic nitrogens is 1. The van der Waals surface area contributed by atoms with Gasteiger partial charge in [-0.2, -0.15) is 0 Å². The van der Waals surface area contributed by atoms with Crippen molar-refractivity contribution >= 4 is 5.91 Å². The van der Waals surface area contributed by atoms with Gasteiger partial charge in [-0.15, -0.1) is 0 Å². The average molecular weight is 234 g/mol. The number of ether oxygens (including phenoxy) is 1. The Morgan fingerprint density at radius 2 is 2.53 bits per heavy atom. The van der Waals surface area contributed by atoms with Crippen LogP contribution in [0.5, 0.6) is 0 Å². The van der Waals surface area contributed by atoms with Crippen molar-refractivity contribution in [3.63, 3.8) is 0 Å². The van der Waals surface area contributed by atoms with Crippen LogP contribution in [0.1, 0.15) is 31.4 Å². The second-order valence-corrected chi connectivity index (χ2v) is 4.17. The molecule has 0 spiro atoms. The lowest BCUT2D eigenvalue weighted by molar-refractivity contribution is -0.136. The molecule has 1 saturated heterocycles. The predicted molar refractivity (Wildman–Crippen MR) is 64.4 cm³/mol. The largest absolute Gasteiger partial charge is 0.372 e. The summed E-state index contributed by atoms with van der Waals surface area (Å²) < 4.78 is 5.19. The molecule has 2 rings (SSSR count). The summed E-state index contributed by atoms with van der Waals surface area (Å²) in [6.45, 7) is 3.49. The van der Waals surface area contributed by atoms with E-state index in [9.17, 15) is 4.79 Å². The SMILES string of the molecule is CCOCC(=O)N1CCCC1c1cccnc1. The van der Waals surface area contributed by atoms with Crippen LogP contribution in [-0.4, -0.2) is 35.5 Å². The van der Waals surface area contributed by atoms with Gasteiger partial charge in [0.2, 0.25) is 5.91 Å². The maximum Gasteiger partial charge on any atom is 0.249 e. The summed E-state index contributed by atoms with van der Waals surface area (Å²) in [5, 5.41) is 0. The Hall–Kier alpha value is -1.42. The fourth-order valence-corrected chi connectivity index (χ4v) is 2.26. The third-order valence-corrected chi connectivity index (χ3v) is 3.07. The average Bonchev–Trinajstić information content (AvgIpc) is 2.86. The van der Waals surface area contributed by atoms with Crippen LogP contribution in [0.15, 0.2) is 24.5 Å². The van der Waals surface area contributed by atoms with E-state index < -0.39 is 0 Å². The van der Waals surface area contributed by atoms with Crippen LogP contribution < -0.4 is 0 Å². The van der Waals surface area contributed by atoms with Gasteiger partial charge in [-0.1, -0.05) is 6.07 Å². The molecule has 1 fully saturated rings. The fraction of sp³-hybridized carbons (Fsp3) is 0.538. The van der Waals surface area contributed by atoms with Crippen LogP contribution in [0.25, 0.3) is 0 Å². The third-order valence-electron chi connectivity index (χ3n) is 3.07. The highest BCUT2D eigenvalue weighted by Crippen LogP contribution is 2.31. The lowest BCUT2D eigenvalue weighted by atomic mass is 10.1. The number of pyridine rings is 1. The molecule has 0 N–H and O–H groups in total. The molecule has 1 aliphatic heterocycles. The number of hydrogen-bond donors (Lipinski definition) is 0. The third kappa shape index (κ3) is 2.82. The summed E-state index contributed by atoms with van der Waals surface area (Å²) in [5.74, 6) is 0.0817. The number of hydrogen-bond acceptors (Lipinski definition) is 3. The topological polar surface area (TPSA) is 42.4 Å². The molecule has 1 aromatic rings. The highest BCUT2D eigenvalue weighted by atomic mass is 16.5. The smallest absolute Gasteiger partial charge is 0.249 e. The Balaban J connectivity index is 2.05. The molecule has 0 aliphatic carbocycles. The molecule has 0 saturated carbocycles. The highest BCUT2D eigenvalue weighted by Gasteiger charge is 2.29. The molecule has 0 bridgehead atoms. The van der Waals surface area contributed by atoms with E-state index in [4.69, 9.17) is 4.74 Å². The van der Waals surface area contributed by atoms with Crippen molar-refractivity contribution < 1.29 is 9.53 Å². The maximum absolute atomic E-state index is 12.0. The molecule has 1 amide bonds. The molecule has 1 atom stereocenters. The van der Waals surface area contributed by atoms with Crippen molar-refractivity contribution in [3.8, 4) is 0 Å². The predicted octanol–water partition coefficient (Wildman–Crippen LogP) is 1.78. The summed E-state index contributed by atoms with van der Waals surface area (Å²) in [6, 6.07) is 4.12. The van der Waals surface area contributed by atoms with Gasteiger partial charge in [0.1, 0.15) is 6.61 Å². The van der Waals surface area contributed by atoms with E-state index in [1.165, 1.54) is 0 Å². The van der Waals surface area contributed by atoms with Gasteiger partial charge in [-0.3, -0.25) is 9.78 Å². The molecule has 4 nitrogen and oxygen atoms in total. The first-order valence-electron chi connectivity index (χ1n) is 6.10. The second-order valence-electron chi connectivity index (χ2n) is 4.17. The Morgan fingerprint density at radius 3 is 3.24 bits per heavy atom. The molecule has 2 heterocycles. The Labute approximate surface area is 102 Å². The standard InChI is InChI=1S/C13H18N2O2/c1-2-17-10-13(16)15-8-4-6-12(15)11-5-3-7-14-9-11/h3,5,7,9,12H,2,4,6,8,10H2,1H3. The summed E-state index contributed by atoms with van der Waals surface area (Å²) in [4.78, 5) is 18.0. The maximum atomic E-state index is 12.0. The molecule has 4 heteroatoms. The van der Waals surface area contributed by atoms with Crippen LogP contribution in [0, 0.1) is 0 Å². The number of carbonyl (C=O) groups excluding carboxylic acids is 1. The van der Waals surface area contributed by atoms with E-state index in [2.05, 4.69) is 4.98 Å². The van der Waals surface area contributed by atoms with Gasteiger partial charge in [0.25, 0.3) is 0 Å². The van der Waals surface area contributed by atoms with Crippen LogP contribution in [0.2, 0.25) is 0 Å². The number of amides is 1. The minimum Gasteiger partial charge on any atom is -0.372 e. The fourth-order valence-electron chi connectivity index (χ4n) is 2.26. The normalized spacial score (nSPS) is 19.6. The zero-order valence-electron chi connectivity index (χ0n) is 10.1.